The number of fused-ring (bicyclic) bond motifs is 6. The zero-order valence-electron chi connectivity index (χ0n) is 34.3. The molecular weight excluding hydrogens is 783 g/mol. The van der Waals surface area contributed by atoms with Crippen molar-refractivity contribution in [2.75, 3.05) is 4.90 Å². The van der Waals surface area contributed by atoms with Crippen LogP contribution in [0.2, 0.25) is 0 Å². The van der Waals surface area contributed by atoms with Crippen LogP contribution in [0.4, 0.5) is 17.1 Å². The molecule has 2 nitrogen and oxygen atoms in total. The Labute approximate surface area is 370 Å². The summed E-state index contributed by atoms with van der Waals surface area (Å²) in [5.41, 5.74) is 16.5. The first kappa shape index (κ1) is 36.8. The standard InChI is InChI=1S/C60H39NOS/c1-6-16-40(17-7-1)45-28-34-54(53(36-45)44-24-14-5-15-25-44)61(48-29-32-51-50-30-26-47(42-20-10-3-11-21-42)38-57(50)63-58(51)39-48)55-35-33-49(43-22-12-4-13-23-43)60-59(55)52-31-27-46(37-56(52)62-60)41-18-8-2-9-19-41/h1-39H. The summed E-state index contributed by atoms with van der Waals surface area (Å²) in [5, 5.41) is 4.67. The van der Waals surface area contributed by atoms with E-state index in [4.69, 9.17) is 4.42 Å². The second-order valence-electron chi connectivity index (χ2n) is 16.0. The van der Waals surface area contributed by atoms with E-state index < -0.39 is 0 Å². The molecule has 10 aromatic carbocycles. The lowest BCUT2D eigenvalue weighted by molar-refractivity contribution is 0.670. The molecule has 0 amide bonds. The van der Waals surface area contributed by atoms with Crippen molar-refractivity contribution in [3.05, 3.63) is 237 Å². The van der Waals surface area contributed by atoms with Crippen LogP contribution in [-0.2, 0) is 0 Å². The van der Waals surface area contributed by atoms with Crippen LogP contribution in [0.5, 0.6) is 0 Å². The molecule has 0 saturated heterocycles. The molecule has 12 rings (SSSR count). The third-order valence-electron chi connectivity index (χ3n) is 12.3. The molecule has 0 fully saturated rings. The maximum absolute atomic E-state index is 7.09. The molecule has 0 atom stereocenters. The number of nitrogens with zero attached hydrogens (tertiary/aromatic N) is 1. The van der Waals surface area contributed by atoms with E-state index in [-0.39, 0.29) is 0 Å². The number of benzene rings is 10. The van der Waals surface area contributed by atoms with E-state index in [2.05, 4.69) is 241 Å². The maximum atomic E-state index is 7.09. The van der Waals surface area contributed by atoms with Gasteiger partial charge in [-0.1, -0.05) is 182 Å². The van der Waals surface area contributed by atoms with Crippen molar-refractivity contribution in [2.24, 2.45) is 0 Å². The summed E-state index contributed by atoms with van der Waals surface area (Å²) in [6.45, 7) is 0. The Kier molecular flexibility index (Phi) is 9.06. The molecule has 3 heteroatoms. The van der Waals surface area contributed by atoms with Crippen molar-refractivity contribution in [1.29, 1.82) is 0 Å². The molecule has 0 bridgehead atoms. The fourth-order valence-corrected chi connectivity index (χ4v) is 10.4. The van der Waals surface area contributed by atoms with Gasteiger partial charge in [0.05, 0.1) is 16.8 Å². The van der Waals surface area contributed by atoms with Gasteiger partial charge in [0.25, 0.3) is 0 Å². The molecule has 0 aliphatic rings. The number of anilines is 3. The highest BCUT2D eigenvalue weighted by Gasteiger charge is 2.25. The lowest BCUT2D eigenvalue weighted by Crippen LogP contribution is -2.12. The van der Waals surface area contributed by atoms with Crippen LogP contribution in [0.3, 0.4) is 0 Å². The smallest absolute Gasteiger partial charge is 0.145 e. The predicted molar refractivity (Wildman–Crippen MR) is 268 cm³/mol. The Hall–Kier alpha value is -7.98. The topological polar surface area (TPSA) is 16.4 Å². The van der Waals surface area contributed by atoms with Gasteiger partial charge in [-0.05, 0) is 99.1 Å². The number of hydrogen-bond donors (Lipinski definition) is 0. The molecule has 63 heavy (non-hydrogen) atoms. The fraction of sp³-hybridized carbons (Fsp3) is 0. The minimum absolute atomic E-state index is 0.854. The van der Waals surface area contributed by atoms with Crippen LogP contribution in [0.15, 0.2) is 241 Å². The summed E-state index contributed by atoms with van der Waals surface area (Å²) in [6.07, 6.45) is 0. The summed E-state index contributed by atoms with van der Waals surface area (Å²) in [7, 11) is 0. The highest BCUT2D eigenvalue weighted by atomic mass is 32.1. The zero-order valence-corrected chi connectivity index (χ0v) is 35.1. The maximum Gasteiger partial charge on any atom is 0.145 e. The van der Waals surface area contributed by atoms with Crippen molar-refractivity contribution >= 4 is 70.5 Å². The van der Waals surface area contributed by atoms with Gasteiger partial charge in [0, 0.05) is 42.4 Å². The molecule has 0 spiro atoms. The molecule has 0 aliphatic heterocycles. The van der Waals surface area contributed by atoms with Gasteiger partial charge in [-0.15, -0.1) is 11.3 Å². The van der Waals surface area contributed by atoms with Gasteiger partial charge in [-0.25, -0.2) is 0 Å². The summed E-state index contributed by atoms with van der Waals surface area (Å²) >= 11 is 1.85. The van der Waals surface area contributed by atoms with Gasteiger partial charge in [0.1, 0.15) is 11.2 Å². The van der Waals surface area contributed by atoms with Gasteiger partial charge < -0.3 is 9.32 Å². The molecule has 12 aromatic rings. The third kappa shape index (κ3) is 6.58. The lowest BCUT2D eigenvalue weighted by atomic mass is 9.95. The van der Waals surface area contributed by atoms with Crippen molar-refractivity contribution in [2.45, 2.75) is 0 Å². The Bertz CT molecular complexity index is 3600. The summed E-state index contributed by atoms with van der Waals surface area (Å²) in [5.74, 6) is 0. The van der Waals surface area contributed by atoms with Crippen LogP contribution in [-0.4, -0.2) is 0 Å². The van der Waals surface area contributed by atoms with Gasteiger partial charge in [0.2, 0.25) is 0 Å². The van der Waals surface area contributed by atoms with Gasteiger partial charge >= 0.3 is 0 Å². The van der Waals surface area contributed by atoms with Crippen molar-refractivity contribution in [3.63, 3.8) is 0 Å². The van der Waals surface area contributed by atoms with E-state index in [1.54, 1.807) is 0 Å². The van der Waals surface area contributed by atoms with Crippen molar-refractivity contribution in [3.8, 4) is 55.6 Å². The fourth-order valence-electron chi connectivity index (χ4n) is 9.22. The van der Waals surface area contributed by atoms with E-state index in [1.807, 2.05) is 11.3 Å². The SMILES string of the molecule is c1ccc(-c2ccc(N(c3ccc4c(c3)sc3cc(-c5ccccc5)ccc34)c3ccc(-c4ccccc4)c4oc5cc(-c6ccccc6)ccc5c34)c(-c3ccccc3)c2)cc1. The monoisotopic (exact) mass is 821 g/mol. The first-order chi connectivity index (χ1) is 31.2. The van der Waals surface area contributed by atoms with E-state index >= 15 is 0 Å². The van der Waals surface area contributed by atoms with Crippen molar-refractivity contribution < 1.29 is 4.42 Å². The Morgan fingerprint density at radius 3 is 1.38 bits per heavy atom. The average Bonchev–Trinajstić information content (AvgIpc) is 3.93. The molecule has 0 aliphatic carbocycles. The molecule has 296 valence electrons. The highest BCUT2D eigenvalue weighted by molar-refractivity contribution is 7.25. The van der Waals surface area contributed by atoms with Crippen LogP contribution in [0, 0.1) is 0 Å². The molecule has 0 unspecified atom stereocenters. The summed E-state index contributed by atoms with van der Waals surface area (Å²) in [4.78, 5) is 2.47. The summed E-state index contributed by atoms with van der Waals surface area (Å²) < 4.78 is 9.60. The van der Waals surface area contributed by atoms with E-state index in [0.717, 1.165) is 72.4 Å². The Morgan fingerprint density at radius 2 is 0.778 bits per heavy atom. The van der Waals surface area contributed by atoms with Gasteiger partial charge in [-0.2, -0.15) is 0 Å². The van der Waals surface area contributed by atoms with Crippen LogP contribution < -0.4 is 4.90 Å². The highest BCUT2D eigenvalue weighted by Crippen LogP contribution is 2.50. The predicted octanol–water partition coefficient (Wildman–Crippen LogP) is 17.8. The number of hydrogen-bond acceptors (Lipinski definition) is 3. The van der Waals surface area contributed by atoms with Crippen molar-refractivity contribution in [1.82, 2.24) is 0 Å². The van der Waals surface area contributed by atoms with Gasteiger partial charge in [-0.3, -0.25) is 0 Å². The second-order valence-corrected chi connectivity index (χ2v) is 17.1. The number of rotatable bonds is 8. The van der Waals surface area contributed by atoms with E-state index in [9.17, 15) is 0 Å². The minimum Gasteiger partial charge on any atom is -0.455 e. The molecule has 2 aromatic heterocycles. The van der Waals surface area contributed by atoms with Gasteiger partial charge in [0.15, 0.2) is 0 Å². The molecule has 0 N–H and O–H groups in total. The minimum atomic E-state index is 0.854. The summed E-state index contributed by atoms with van der Waals surface area (Å²) in [6, 6.07) is 85.3. The number of furan rings is 1. The number of thiophene rings is 1. The third-order valence-corrected chi connectivity index (χ3v) is 13.4. The molecular formula is C60H39NOS. The molecule has 0 saturated carbocycles. The zero-order chi connectivity index (χ0) is 41.7. The lowest BCUT2D eigenvalue weighted by Gasteiger charge is -2.29. The van der Waals surface area contributed by atoms with E-state index in [0.29, 0.717) is 0 Å². The quantitative estimate of drug-likeness (QED) is 0.152. The normalized spacial score (nSPS) is 11.5. The van der Waals surface area contributed by atoms with E-state index in [1.165, 1.54) is 42.4 Å². The molecule has 2 heterocycles. The largest absolute Gasteiger partial charge is 0.455 e. The first-order valence-corrected chi connectivity index (χ1v) is 22.2. The van der Waals surface area contributed by atoms with Crippen LogP contribution in [0.1, 0.15) is 0 Å². The van der Waals surface area contributed by atoms with Crippen LogP contribution in [0.25, 0.3) is 97.7 Å². The Balaban J connectivity index is 1.14. The second kappa shape index (κ2) is 15.5. The first-order valence-electron chi connectivity index (χ1n) is 21.4. The Morgan fingerprint density at radius 1 is 0.317 bits per heavy atom. The van der Waals surface area contributed by atoms with Crippen LogP contribution >= 0.6 is 11.3 Å². The molecule has 0 radical (unpaired) electrons. The average molecular weight is 822 g/mol.